The van der Waals surface area contributed by atoms with Crippen LogP contribution >= 0.6 is 7.60 Å². The van der Waals surface area contributed by atoms with Crippen LogP contribution in [0.2, 0.25) is 0 Å². The van der Waals surface area contributed by atoms with Gasteiger partial charge in [0.25, 0.3) is 0 Å². The average molecular weight is 398 g/mol. The van der Waals surface area contributed by atoms with Crippen molar-refractivity contribution in [2.75, 3.05) is 14.2 Å². The summed E-state index contributed by atoms with van der Waals surface area (Å²) in [5.41, 5.74) is -0.878. The Hall–Kier alpha value is -3.24. The van der Waals surface area contributed by atoms with E-state index in [1.54, 1.807) is 78.9 Å². The van der Waals surface area contributed by atoms with E-state index in [0.29, 0.717) is 0 Å². The van der Waals surface area contributed by atoms with Gasteiger partial charge in [-0.1, -0.05) is 42.5 Å². The van der Waals surface area contributed by atoms with Crippen LogP contribution in [-0.2, 0) is 4.57 Å². The van der Waals surface area contributed by atoms with E-state index in [1.165, 1.54) is 14.2 Å². The number of para-hydroxylation sites is 2. The van der Waals surface area contributed by atoms with Crippen molar-refractivity contribution in [1.29, 1.82) is 0 Å². The van der Waals surface area contributed by atoms with Gasteiger partial charge in [0.1, 0.15) is 28.6 Å². The molecule has 0 N–H and O–H groups in total. The fourth-order valence-corrected chi connectivity index (χ4v) is 4.04. The monoisotopic (exact) mass is 398 g/mol. The van der Waals surface area contributed by atoms with Crippen molar-refractivity contribution in [3.63, 3.8) is 0 Å². The molecule has 3 aromatic rings. The summed E-state index contributed by atoms with van der Waals surface area (Å²) in [6.45, 7) is 0. The van der Waals surface area contributed by atoms with Crippen molar-refractivity contribution < 1.29 is 27.9 Å². The molecule has 3 aromatic carbocycles. The van der Waals surface area contributed by atoms with Crippen molar-refractivity contribution in [2.24, 2.45) is 0 Å². The van der Waals surface area contributed by atoms with Crippen LogP contribution in [0.3, 0.4) is 0 Å². The summed E-state index contributed by atoms with van der Waals surface area (Å²) in [5.74, 6) is 0.892. The summed E-state index contributed by atoms with van der Waals surface area (Å²) >= 11 is 0. The summed E-state index contributed by atoms with van der Waals surface area (Å²) in [5, 5.41) is 0. The molecule has 28 heavy (non-hydrogen) atoms. The molecule has 0 unspecified atom stereocenters. The zero-order valence-electron chi connectivity index (χ0n) is 15.4. The van der Waals surface area contributed by atoms with Gasteiger partial charge in [-0.2, -0.15) is 0 Å². The Bertz CT molecular complexity index is 921. The second kappa shape index (κ2) is 8.63. The Balaban J connectivity index is 2.09. The van der Waals surface area contributed by atoms with Gasteiger partial charge in [-0.15, -0.1) is 0 Å². The van der Waals surface area contributed by atoms with Crippen LogP contribution in [0.15, 0.2) is 78.9 Å². The molecule has 0 heterocycles. The molecular weight excluding hydrogens is 379 g/mol. The van der Waals surface area contributed by atoms with Gasteiger partial charge < -0.3 is 18.5 Å². The average Bonchev–Trinajstić information content (AvgIpc) is 2.73. The van der Waals surface area contributed by atoms with Gasteiger partial charge in [-0.05, 0) is 36.4 Å². The Morgan fingerprint density at radius 3 is 1.50 bits per heavy atom. The van der Waals surface area contributed by atoms with Crippen molar-refractivity contribution in [2.45, 2.75) is 0 Å². The molecule has 0 aliphatic rings. The molecule has 0 atom stereocenters. The Morgan fingerprint density at radius 1 is 0.679 bits per heavy atom. The summed E-state index contributed by atoms with van der Waals surface area (Å²) in [6, 6.07) is 21.6. The van der Waals surface area contributed by atoms with E-state index >= 15 is 0 Å². The highest BCUT2D eigenvalue weighted by Crippen LogP contribution is 2.53. The minimum absolute atomic E-state index is 0.0114. The lowest BCUT2D eigenvalue weighted by atomic mass is 10.2. The molecule has 0 aromatic heterocycles. The lowest BCUT2D eigenvalue weighted by Crippen LogP contribution is -2.14. The Labute approximate surface area is 163 Å². The van der Waals surface area contributed by atoms with Crippen molar-refractivity contribution in [1.82, 2.24) is 0 Å². The van der Waals surface area contributed by atoms with E-state index in [-0.39, 0.29) is 28.6 Å². The summed E-state index contributed by atoms with van der Waals surface area (Å²) in [6.07, 6.45) is 0. The van der Waals surface area contributed by atoms with Crippen LogP contribution in [0.25, 0.3) is 0 Å². The molecule has 0 radical (unpaired) electrons. The molecule has 7 heteroatoms. The van der Waals surface area contributed by atoms with Crippen LogP contribution < -0.4 is 18.5 Å². The SMILES string of the molecule is COc1cccc(OC)c1C(=O)P(=O)(Oc1ccccc1)Oc1ccccc1. The van der Waals surface area contributed by atoms with Crippen LogP contribution in [0.1, 0.15) is 10.4 Å². The van der Waals surface area contributed by atoms with Gasteiger partial charge in [0, 0.05) is 0 Å². The van der Waals surface area contributed by atoms with Crippen molar-refractivity contribution in [3.8, 4) is 23.0 Å². The fraction of sp³-hybridized carbons (Fsp3) is 0.0952. The third kappa shape index (κ3) is 4.18. The number of benzene rings is 3. The normalized spacial score (nSPS) is 10.8. The minimum Gasteiger partial charge on any atom is -0.496 e. The van der Waals surface area contributed by atoms with Crippen LogP contribution in [0.5, 0.6) is 23.0 Å². The van der Waals surface area contributed by atoms with Gasteiger partial charge in [0.05, 0.1) is 14.2 Å². The number of hydrogen-bond donors (Lipinski definition) is 0. The van der Waals surface area contributed by atoms with E-state index in [2.05, 4.69) is 0 Å². The predicted molar refractivity (Wildman–Crippen MR) is 106 cm³/mol. The van der Waals surface area contributed by atoms with Gasteiger partial charge in [-0.25, -0.2) is 4.57 Å². The molecule has 0 saturated heterocycles. The lowest BCUT2D eigenvalue weighted by molar-refractivity contribution is 0.104. The standard InChI is InChI=1S/C21H19O6P/c1-24-18-14-9-15-19(25-2)20(18)21(22)28(23,26-16-10-5-3-6-11-16)27-17-12-7-4-8-13-17/h3-15H,1-2H3. The molecule has 0 spiro atoms. The summed E-state index contributed by atoms with van der Waals surface area (Å²) in [4.78, 5) is 13.4. The van der Waals surface area contributed by atoms with E-state index in [9.17, 15) is 9.36 Å². The quantitative estimate of drug-likeness (QED) is 0.486. The molecule has 0 fully saturated rings. The maximum atomic E-state index is 13.7. The molecule has 0 aliphatic carbocycles. The summed E-state index contributed by atoms with van der Waals surface area (Å²) in [7, 11) is -1.54. The number of ether oxygens (including phenoxy) is 2. The van der Waals surface area contributed by atoms with E-state index < -0.39 is 13.1 Å². The molecule has 0 amide bonds. The number of carbonyl (C=O) groups is 1. The Morgan fingerprint density at radius 2 is 1.11 bits per heavy atom. The number of hydrogen-bond acceptors (Lipinski definition) is 6. The van der Waals surface area contributed by atoms with Crippen LogP contribution in [0, 0.1) is 0 Å². The second-order valence-corrected chi connectivity index (χ2v) is 7.42. The third-order valence-corrected chi connectivity index (χ3v) is 5.45. The van der Waals surface area contributed by atoms with E-state index in [1.807, 2.05) is 0 Å². The van der Waals surface area contributed by atoms with Crippen molar-refractivity contribution in [3.05, 3.63) is 84.4 Å². The lowest BCUT2D eigenvalue weighted by Gasteiger charge is -2.20. The zero-order valence-corrected chi connectivity index (χ0v) is 16.3. The topological polar surface area (TPSA) is 71.1 Å². The van der Waals surface area contributed by atoms with E-state index in [0.717, 1.165) is 0 Å². The number of rotatable bonds is 8. The maximum Gasteiger partial charge on any atom is 0.503 e. The maximum absolute atomic E-state index is 13.7. The molecule has 0 saturated carbocycles. The van der Waals surface area contributed by atoms with Crippen LogP contribution in [0.4, 0.5) is 0 Å². The highest BCUT2D eigenvalue weighted by atomic mass is 31.2. The van der Waals surface area contributed by atoms with Gasteiger partial charge in [-0.3, -0.25) is 4.79 Å². The molecule has 144 valence electrons. The number of methoxy groups -OCH3 is 2. The largest absolute Gasteiger partial charge is 0.503 e. The van der Waals surface area contributed by atoms with Gasteiger partial charge in [0.2, 0.25) is 0 Å². The Kier molecular flexibility index (Phi) is 6.02. The summed E-state index contributed by atoms with van der Waals surface area (Å²) < 4.78 is 35.4. The van der Waals surface area contributed by atoms with Gasteiger partial charge >= 0.3 is 13.1 Å². The number of carbonyl (C=O) groups excluding carboxylic acids is 1. The second-order valence-electron chi connectivity index (χ2n) is 5.65. The van der Waals surface area contributed by atoms with Crippen LogP contribution in [-0.4, -0.2) is 19.7 Å². The third-order valence-electron chi connectivity index (χ3n) is 3.83. The highest BCUT2D eigenvalue weighted by Gasteiger charge is 2.42. The molecule has 6 nitrogen and oxygen atoms in total. The first kappa shape index (κ1) is 19.5. The molecule has 3 rings (SSSR count). The first-order chi connectivity index (χ1) is 13.6. The molecule has 0 aliphatic heterocycles. The smallest absolute Gasteiger partial charge is 0.496 e. The zero-order chi connectivity index (χ0) is 20.0. The first-order valence-electron chi connectivity index (χ1n) is 8.42. The molecule has 0 bridgehead atoms. The van der Waals surface area contributed by atoms with Crippen molar-refractivity contribution >= 4 is 13.1 Å². The highest BCUT2D eigenvalue weighted by molar-refractivity contribution is 7.73. The molecular formula is C21H19O6P. The predicted octanol–water partition coefficient (Wildman–Crippen LogP) is 5.20. The minimum atomic E-state index is -4.36. The first-order valence-corrected chi connectivity index (χ1v) is 9.97. The fourth-order valence-electron chi connectivity index (χ4n) is 2.54. The van der Waals surface area contributed by atoms with Gasteiger partial charge in [0.15, 0.2) is 0 Å². The van der Waals surface area contributed by atoms with E-state index in [4.69, 9.17) is 18.5 Å².